The van der Waals surface area contributed by atoms with Crippen LogP contribution in [0.4, 0.5) is 0 Å². The quantitative estimate of drug-likeness (QED) is 0.892. The van der Waals surface area contributed by atoms with E-state index in [4.69, 9.17) is 11.6 Å². The first-order valence-corrected chi connectivity index (χ1v) is 7.33. The monoisotopic (exact) mass is 278 g/mol. The molecule has 3 rings (SSSR count). The Morgan fingerprint density at radius 3 is 2.68 bits per heavy atom. The summed E-state index contributed by atoms with van der Waals surface area (Å²) in [6, 6.07) is 8.63. The summed E-state index contributed by atoms with van der Waals surface area (Å²) >= 11 is 5.87. The molecule has 2 fully saturated rings. The van der Waals surface area contributed by atoms with Gasteiger partial charge in [0.05, 0.1) is 12.0 Å². The lowest BCUT2D eigenvalue weighted by Gasteiger charge is -2.22. The number of fused-ring (bicyclic) bond motifs is 2. The van der Waals surface area contributed by atoms with Crippen LogP contribution in [0.25, 0.3) is 0 Å². The summed E-state index contributed by atoms with van der Waals surface area (Å²) in [5, 5.41) is 7.34. The minimum absolute atomic E-state index is 0.0314. The molecule has 2 bridgehead atoms. The lowest BCUT2D eigenvalue weighted by atomic mass is 9.88. The standard InChI is InChI=1S/C15H19ClN2O/c1-9(10-2-4-11(16)5-3-10)17-15(19)13-8-12-6-7-14(13)18-12/h2-5,9,12-14,18H,6-8H2,1H3,(H,17,19)/t9-,12?,13?,14?/m0/s1. The predicted octanol–water partition coefficient (Wildman–Crippen LogP) is 2.66. The van der Waals surface area contributed by atoms with E-state index in [9.17, 15) is 4.79 Å². The highest BCUT2D eigenvalue weighted by molar-refractivity contribution is 6.30. The molecular formula is C15H19ClN2O. The summed E-state index contributed by atoms with van der Waals surface area (Å²) in [6.07, 6.45) is 3.35. The van der Waals surface area contributed by atoms with Crippen LogP contribution in [0, 0.1) is 5.92 Å². The van der Waals surface area contributed by atoms with E-state index < -0.39 is 0 Å². The summed E-state index contributed by atoms with van der Waals surface area (Å²) in [5.41, 5.74) is 1.09. The molecule has 3 unspecified atom stereocenters. The van der Waals surface area contributed by atoms with Crippen LogP contribution in [0.2, 0.25) is 5.02 Å². The number of halogens is 1. The van der Waals surface area contributed by atoms with Crippen molar-refractivity contribution in [3.63, 3.8) is 0 Å². The van der Waals surface area contributed by atoms with Crippen LogP contribution in [-0.2, 0) is 4.79 Å². The average molecular weight is 279 g/mol. The summed E-state index contributed by atoms with van der Waals surface area (Å²) < 4.78 is 0. The molecule has 0 radical (unpaired) electrons. The van der Waals surface area contributed by atoms with Crippen LogP contribution < -0.4 is 10.6 Å². The van der Waals surface area contributed by atoms with Gasteiger partial charge in [-0.25, -0.2) is 0 Å². The summed E-state index contributed by atoms with van der Waals surface area (Å²) in [5.74, 6) is 0.329. The van der Waals surface area contributed by atoms with Crippen LogP contribution >= 0.6 is 11.6 Å². The van der Waals surface area contributed by atoms with E-state index in [0.717, 1.165) is 23.4 Å². The van der Waals surface area contributed by atoms with E-state index in [-0.39, 0.29) is 17.9 Å². The van der Waals surface area contributed by atoms with Crippen LogP contribution in [0.3, 0.4) is 0 Å². The van der Waals surface area contributed by atoms with E-state index >= 15 is 0 Å². The first-order valence-electron chi connectivity index (χ1n) is 6.95. The average Bonchev–Trinajstić information content (AvgIpc) is 3.01. The van der Waals surface area contributed by atoms with Gasteiger partial charge in [0.25, 0.3) is 0 Å². The second kappa shape index (κ2) is 5.14. The van der Waals surface area contributed by atoms with Crippen LogP contribution in [0.1, 0.15) is 37.8 Å². The molecule has 2 heterocycles. The third-order valence-electron chi connectivity index (χ3n) is 4.37. The topological polar surface area (TPSA) is 41.1 Å². The minimum atomic E-state index is 0.0314. The van der Waals surface area contributed by atoms with Gasteiger partial charge in [-0.1, -0.05) is 23.7 Å². The van der Waals surface area contributed by atoms with Crippen LogP contribution in [-0.4, -0.2) is 18.0 Å². The number of rotatable bonds is 3. The SMILES string of the molecule is C[C@H](NC(=O)C1CC2CCC1N2)c1ccc(Cl)cc1. The fourth-order valence-corrected chi connectivity index (χ4v) is 3.40. The van der Waals surface area contributed by atoms with Crippen molar-refractivity contribution in [3.8, 4) is 0 Å². The number of hydrogen-bond acceptors (Lipinski definition) is 2. The zero-order chi connectivity index (χ0) is 13.4. The van der Waals surface area contributed by atoms with Gasteiger partial charge >= 0.3 is 0 Å². The van der Waals surface area contributed by atoms with Crippen molar-refractivity contribution in [1.82, 2.24) is 10.6 Å². The molecule has 0 aromatic heterocycles. The van der Waals surface area contributed by atoms with Gasteiger partial charge in [0.1, 0.15) is 0 Å². The molecule has 4 atom stereocenters. The second-order valence-corrected chi connectivity index (χ2v) is 6.11. The molecule has 4 heteroatoms. The Hall–Kier alpha value is -1.06. The Morgan fingerprint density at radius 2 is 2.11 bits per heavy atom. The van der Waals surface area contributed by atoms with Crippen molar-refractivity contribution < 1.29 is 4.79 Å². The maximum absolute atomic E-state index is 12.3. The Balaban J connectivity index is 1.61. The zero-order valence-corrected chi connectivity index (χ0v) is 11.8. The molecule has 102 valence electrons. The van der Waals surface area contributed by atoms with Gasteiger partial charge < -0.3 is 10.6 Å². The van der Waals surface area contributed by atoms with E-state index in [1.54, 1.807) is 0 Å². The number of hydrogen-bond donors (Lipinski definition) is 2. The third-order valence-corrected chi connectivity index (χ3v) is 4.62. The number of carbonyl (C=O) groups is 1. The molecule has 2 saturated heterocycles. The molecule has 2 N–H and O–H groups in total. The molecule has 19 heavy (non-hydrogen) atoms. The number of nitrogens with one attached hydrogen (secondary N) is 2. The molecule has 1 aromatic rings. The van der Waals surface area contributed by atoms with Crippen molar-refractivity contribution >= 4 is 17.5 Å². The highest BCUT2D eigenvalue weighted by atomic mass is 35.5. The Labute approximate surface area is 118 Å². The third kappa shape index (κ3) is 2.63. The lowest BCUT2D eigenvalue weighted by molar-refractivity contribution is -0.126. The van der Waals surface area contributed by atoms with Crippen LogP contribution in [0.15, 0.2) is 24.3 Å². The molecule has 1 aromatic carbocycles. The van der Waals surface area contributed by atoms with Crippen molar-refractivity contribution in [2.24, 2.45) is 5.92 Å². The first kappa shape index (κ1) is 12.9. The second-order valence-electron chi connectivity index (χ2n) is 5.67. The van der Waals surface area contributed by atoms with Gasteiger partial charge in [0.15, 0.2) is 0 Å². The Bertz CT molecular complexity index is 474. The van der Waals surface area contributed by atoms with E-state index in [1.165, 1.54) is 6.42 Å². The summed E-state index contributed by atoms with van der Waals surface area (Å²) in [4.78, 5) is 12.3. The fraction of sp³-hybridized carbons (Fsp3) is 0.533. The van der Waals surface area contributed by atoms with Crippen LogP contribution in [0.5, 0.6) is 0 Å². The lowest BCUT2D eigenvalue weighted by Crippen LogP contribution is -2.38. The highest BCUT2D eigenvalue weighted by Crippen LogP contribution is 2.33. The normalized spacial score (nSPS) is 30.3. The molecule has 0 saturated carbocycles. The summed E-state index contributed by atoms with van der Waals surface area (Å²) in [6.45, 7) is 2.02. The van der Waals surface area contributed by atoms with E-state index in [2.05, 4.69) is 10.6 Å². The van der Waals surface area contributed by atoms with E-state index in [1.807, 2.05) is 31.2 Å². The molecule has 2 aliphatic rings. The van der Waals surface area contributed by atoms with Crippen molar-refractivity contribution in [3.05, 3.63) is 34.9 Å². The minimum Gasteiger partial charge on any atom is -0.349 e. The Morgan fingerprint density at radius 1 is 1.37 bits per heavy atom. The van der Waals surface area contributed by atoms with Gasteiger partial charge in [0, 0.05) is 17.1 Å². The molecule has 2 aliphatic heterocycles. The highest BCUT2D eigenvalue weighted by Gasteiger charge is 2.42. The van der Waals surface area contributed by atoms with Crippen molar-refractivity contribution in [1.29, 1.82) is 0 Å². The number of benzene rings is 1. The smallest absolute Gasteiger partial charge is 0.225 e. The van der Waals surface area contributed by atoms with Gasteiger partial charge in [-0.15, -0.1) is 0 Å². The van der Waals surface area contributed by atoms with Gasteiger partial charge in [-0.05, 0) is 43.9 Å². The maximum Gasteiger partial charge on any atom is 0.225 e. The number of amides is 1. The van der Waals surface area contributed by atoms with Gasteiger partial charge in [-0.2, -0.15) is 0 Å². The molecule has 0 aliphatic carbocycles. The van der Waals surface area contributed by atoms with Crippen molar-refractivity contribution in [2.75, 3.05) is 0 Å². The molecular weight excluding hydrogens is 260 g/mol. The molecule has 3 nitrogen and oxygen atoms in total. The first-order chi connectivity index (χ1) is 9.13. The van der Waals surface area contributed by atoms with E-state index in [0.29, 0.717) is 12.1 Å². The number of carbonyl (C=O) groups excluding carboxylic acids is 1. The maximum atomic E-state index is 12.3. The summed E-state index contributed by atoms with van der Waals surface area (Å²) in [7, 11) is 0. The predicted molar refractivity (Wildman–Crippen MR) is 76.1 cm³/mol. The zero-order valence-electron chi connectivity index (χ0n) is 11.0. The fourth-order valence-electron chi connectivity index (χ4n) is 3.27. The molecule has 0 spiro atoms. The van der Waals surface area contributed by atoms with Crippen molar-refractivity contribution in [2.45, 2.75) is 44.3 Å². The Kier molecular flexibility index (Phi) is 3.50. The van der Waals surface area contributed by atoms with Gasteiger partial charge in [-0.3, -0.25) is 4.79 Å². The largest absolute Gasteiger partial charge is 0.349 e. The molecule has 1 amide bonds. The van der Waals surface area contributed by atoms with Gasteiger partial charge in [0.2, 0.25) is 5.91 Å².